The Morgan fingerprint density at radius 3 is 2.62 bits per heavy atom. The highest BCUT2D eigenvalue weighted by molar-refractivity contribution is 8.26. The van der Waals surface area contributed by atoms with Crippen molar-refractivity contribution in [2.75, 3.05) is 6.54 Å². The summed E-state index contributed by atoms with van der Waals surface area (Å²) in [4.78, 5) is 26.5. The molecule has 1 saturated heterocycles. The summed E-state index contributed by atoms with van der Waals surface area (Å²) in [6.45, 7) is 1.06. The van der Waals surface area contributed by atoms with E-state index in [9.17, 15) is 9.59 Å². The molecule has 3 N–H and O–H groups in total. The number of carboxylic acids is 1. The number of thiocarbonyl (C=S) groups is 1. The summed E-state index contributed by atoms with van der Waals surface area (Å²) < 4.78 is 0.564. The highest BCUT2D eigenvalue weighted by Crippen LogP contribution is 2.35. The number of amides is 1. The molecule has 1 aromatic heterocycles. The highest BCUT2D eigenvalue weighted by atomic mass is 32.2. The number of carboxylic acid groups (broad SMARTS) is 1. The molecule has 1 aliphatic heterocycles. The molecule has 29 heavy (non-hydrogen) atoms. The molecule has 0 spiro atoms. The molecule has 5 nitrogen and oxygen atoms in total. The summed E-state index contributed by atoms with van der Waals surface area (Å²) in [5.74, 6) is -0.857. The van der Waals surface area contributed by atoms with Crippen LogP contribution in [0.15, 0.2) is 40.6 Å². The van der Waals surface area contributed by atoms with Crippen molar-refractivity contribution in [2.45, 2.75) is 32.2 Å². The first kappa shape index (κ1) is 21.7. The zero-order valence-electron chi connectivity index (χ0n) is 15.8. The standard InChI is InChI=1S/C21H22N2O3S3/c22-12-14-5-7-15(8-6-14)16-10-17(28-13-16)11-18-20(26)23(21(27)29-18)9-3-1-2-4-19(24)25/h5-8,10-11,13H,1-4,9,12,22H2,(H,24,25). The van der Waals surface area contributed by atoms with E-state index in [2.05, 4.69) is 23.6 Å². The lowest BCUT2D eigenvalue weighted by Gasteiger charge is -2.13. The third kappa shape index (κ3) is 5.76. The molecule has 0 radical (unpaired) electrons. The second-order valence-corrected chi connectivity index (χ2v) is 9.30. The summed E-state index contributed by atoms with van der Waals surface area (Å²) in [5.41, 5.74) is 8.97. The van der Waals surface area contributed by atoms with Crippen molar-refractivity contribution < 1.29 is 14.7 Å². The van der Waals surface area contributed by atoms with E-state index in [1.165, 1.54) is 11.8 Å². The zero-order valence-corrected chi connectivity index (χ0v) is 18.2. The number of carbonyl (C=O) groups excluding carboxylic acids is 1. The van der Waals surface area contributed by atoms with E-state index in [4.69, 9.17) is 23.1 Å². The van der Waals surface area contributed by atoms with Crippen molar-refractivity contribution in [1.29, 1.82) is 0 Å². The number of unbranched alkanes of at least 4 members (excludes halogenated alkanes) is 2. The van der Waals surface area contributed by atoms with Gasteiger partial charge in [0.2, 0.25) is 0 Å². The van der Waals surface area contributed by atoms with Crippen molar-refractivity contribution in [3.8, 4) is 11.1 Å². The minimum atomic E-state index is -0.788. The average Bonchev–Trinajstić information content (AvgIpc) is 3.27. The van der Waals surface area contributed by atoms with Gasteiger partial charge >= 0.3 is 5.97 Å². The summed E-state index contributed by atoms with van der Waals surface area (Å²) >= 11 is 8.27. The van der Waals surface area contributed by atoms with Crippen LogP contribution in [0.1, 0.15) is 36.1 Å². The number of carbonyl (C=O) groups is 2. The zero-order chi connectivity index (χ0) is 20.8. The Kier molecular flexibility index (Phi) is 7.60. The lowest BCUT2D eigenvalue weighted by Crippen LogP contribution is -2.29. The molecule has 0 atom stereocenters. The summed E-state index contributed by atoms with van der Waals surface area (Å²) in [5, 5.41) is 10.8. The number of nitrogens with zero attached hydrogens (tertiary/aromatic N) is 1. The first-order valence-electron chi connectivity index (χ1n) is 9.33. The Labute approximate surface area is 183 Å². The van der Waals surface area contributed by atoms with Crippen LogP contribution in [0.4, 0.5) is 0 Å². The van der Waals surface area contributed by atoms with Gasteiger partial charge in [0.15, 0.2) is 0 Å². The van der Waals surface area contributed by atoms with E-state index in [1.54, 1.807) is 16.2 Å². The van der Waals surface area contributed by atoms with Crippen molar-refractivity contribution in [1.82, 2.24) is 4.90 Å². The van der Waals surface area contributed by atoms with Crippen LogP contribution in [0, 0.1) is 0 Å². The molecule has 2 aromatic rings. The Morgan fingerprint density at radius 1 is 1.17 bits per heavy atom. The van der Waals surface area contributed by atoms with Crippen molar-refractivity contribution in [2.24, 2.45) is 5.73 Å². The van der Waals surface area contributed by atoms with E-state index < -0.39 is 5.97 Å². The van der Waals surface area contributed by atoms with Crippen molar-refractivity contribution >= 4 is 57.6 Å². The number of thioether (sulfide) groups is 1. The van der Waals surface area contributed by atoms with Crippen LogP contribution in [0.25, 0.3) is 17.2 Å². The van der Waals surface area contributed by atoms with Gasteiger partial charge in [-0.3, -0.25) is 14.5 Å². The van der Waals surface area contributed by atoms with E-state index in [0.717, 1.165) is 34.4 Å². The fourth-order valence-electron chi connectivity index (χ4n) is 2.96. The normalized spacial score (nSPS) is 15.5. The lowest BCUT2D eigenvalue weighted by atomic mass is 10.1. The molecule has 2 heterocycles. The summed E-state index contributed by atoms with van der Waals surface area (Å²) in [7, 11) is 0. The molecule has 0 saturated carbocycles. The SMILES string of the molecule is NCc1ccc(-c2csc(C=C3SC(=S)N(CCCCCC(=O)O)C3=O)c2)cc1. The van der Waals surface area contributed by atoms with Crippen LogP contribution in [-0.4, -0.2) is 32.7 Å². The number of nitrogens with two attached hydrogens (primary N) is 1. The number of hydrogen-bond donors (Lipinski definition) is 2. The van der Waals surface area contributed by atoms with E-state index >= 15 is 0 Å². The number of benzene rings is 1. The van der Waals surface area contributed by atoms with Gasteiger partial charge in [0, 0.05) is 24.4 Å². The van der Waals surface area contributed by atoms with Gasteiger partial charge in [0.05, 0.1) is 4.91 Å². The molecule has 0 aliphatic carbocycles. The van der Waals surface area contributed by atoms with Gasteiger partial charge in [-0.25, -0.2) is 0 Å². The summed E-state index contributed by atoms with van der Waals surface area (Å²) in [6, 6.07) is 10.2. The quantitative estimate of drug-likeness (QED) is 0.329. The van der Waals surface area contributed by atoms with Crippen LogP contribution in [-0.2, 0) is 16.1 Å². The number of hydrogen-bond acceptors (Lipinski definition) is 6. The molecule has 0 unspecified atom stereocenters. The van der Waals surface area contributed by atoms with Crippen LogP contribution in [0.5, 0.6) is 0 Å². The second kappa shape index (κ2) is 10.2. The van der Waals surface area contributed by atoms with Crippen LogP contribution in [0.3, 0.4) is 0 Å². The van der Waals surface area contributed by atoms with Crippen molar-refractivity contribution in [3.63, 3.8) is 0 Å². The van der Waals surface area contributed by atoms with Gasteiger partial charge in [0.25, 0.3) is 5.91 Å². The van der Waals surface area contributed by atoms with Crippen LogP contribution in [0.2, 0.25) is 0 Å². The maximum Gasteiger partial charge on any atom is 0.303 e. The Morgan fingerprint density at radius 2 is 1.93 bits per heavy atom. The molecule has 3 rings (SSSR count). The third-order valence-corrected chi connectivity index (χ3v) is 6.82. The van der Waals surface area contributed by atoms with E-state index in [0.29, 0.717) is 28.7 Å². The summed E-state index contributed by atoms with van der Waals surface area (Å²) in [6.07, 6.45) is 4.18. The number of aliphatic carboxylic acids is 1. The molecular weight excluding hydrogens is 424 g/mol. The number of thiophene rings is 1. The van der Waals surface area contributed by atoms with E-state index in [-0.39, 0.29) is 12.3 Å². The van der Waals surface area contributed by atoms with Gasteiger partial charge in [-0.15, -0.1) is 11.3 Å². The minimum absolute atomic E-state index is 0.0690. The predicted octanol–water partition coefficient (Wildman–Crippen LogP) is 4.72. The van der Waals surface area contributed by atoms with Gasteiger partial charge in [-0.2, -0.15) is 0 Å². The fourth-order valence-corrected chi connectivity index (χ4v) is 5.18. The Balaban J connectivity index is 1.62. The van der Waals surface area contributed by atoms with Gasteiger partial charge in [-0.1, -0.05) is 54.7 Å². The fraction of sp³-hybridized carbons (Fsp3) is 0.286. The van der Waals surface area contributed by atoms with Crippen LogP contribution >= 0.6 is 35.3 Å². The molecular formula is C21H22N2O3S3. The molecule has 1 aliphatic rings. The maximum atomic E-state index is 12.7. The van der Waals surface area contributed by atoms with Gasteiger partial charge < -0.3 is 10.8 Å². The van der Waals surface area contributed by atoms with E-state index in [1.807, 2.05) is 18.2 Å². The topological polar surface area (TPSA) is 83.6 Å². The monoisotopic (exact) mass is 446 g/mol. The predicted molar refractivity (Wildman–Crippen MR) is 124 cm³/mol. The maximum absolute atomic E-state index is 12.7. The largest absolute Gasteiger partial charge is 0.481 e. The first-order chi connectivity index (χ1) is 14.0. The van der Waals surface area contributed by atoms with Gasteiger partial charge in [0.1, 0.15) is 4.32 Å². The molecule has 1 amide bonds. The van der Waals surface area contributed by atoms with Crippen LogP contribution < -0.4 is 5.73 Å². The molecule has 1 aromatic carbocycles. The first-order valence-corrected chi connectivity index (χ1v) is 11.4. The van der Waals surface area contributed by atoms with Crippen molar-refractivity contribution in [3.05, 3.63) is 51.1 Å². The lowest BCUT2D eigenvalue weighted by molar-refractivity contribution is -0.137. The smallest absolute Gasteiger partial charge is 0.303 e. The molecule has 0 bridgehead atoms. The Hall–Kier alpha value is -2.00. The second-order valence-electron chi connectivity index (χ2n) is 6.68. The molecule has 8 heteroatoms. The number of rotatable bonds is 9. The highest BCUT2D eigenvalue weighted by Gasteiger charge is 2.31. The molecule has 152 valence electrons. The minimum Gasteiger partial charge on any atom is -0.481 e. The third-order valence-electron chi connectivity index (χ3n) is 4.56. The van der Waals surface area contributed by atoms with Gasteiger partial charge in [-0.05, 0) is 47.1 Å². The Bertz CT molecular complexity index is 935. The molecule has 1 fully saturated rings. The average molecular weight is 447 g/mol.